The van der Waals surface area contributed by atoms with Crippen LogP contribution in [0.4, 0.5) is 13.2 Å². The number of rotatable bonds is 4. The SMILES string of the molecule is CCN(C(=O)c1cc(F)c(F)c(O)c1F)C(C)C(=O)O. The van der Waals surface area contributed by atoms with E-state index in [2.05, 4.69) is 0 Å². The van der Waals surface area contributed by atoms with Crippen molar-refractivity contribution in [3.05, 3.63) is 29.1 Å². The highest BCUT2D eigenvalue weighted by molar-refractivity contribution is 5.97. The summed E-state index contributed by atoms with van der Waals surface area (Å²) in [5.74, 6) is -9.17. The topological polar surface area (TPSA) is 77.8 Å². The van der Waals surface area contributed by atoms with E-state index in [-0.39, 0.29) is 12.6 Å². The molecule has 20 heavy (non-hydrogen) atoms. The number of aromatic hydroxyl groups is 1. The zero-order chi connectivity index (χ0) is 15.6. The van der Waals surface area contributed by atoms with Crippen molar-refractivity contribution in [1.82, 2.24) is 4.90 Å². The number of phenolic OH excluding ortho intramolecular Hbond substituents is 1. The summed E-state index contributed by atoms with van der Waals surface area (Å²) in [6, 6.07) is -1.01. The van der Waals surface area contributed by atoms with Gasteiger partial charge < -0.3 is 15.1 Å². The van der Waals surface area contributed by atoms with Crippen LogP contribution in [-0.4, -0.2) is 39.6 Å². The van der Waals surface area contributed by atoms with Crippen LogP contribution in [0.3, 0.4) is 0 Å². The highest BCUT2D eigenvalue weighted by Gasteiger charge is 2.30. The van der Waals surface area contributed by atoms with Gasteiger partial charge >= 0.3 is 5.97 Å². The second kappa shape index (κ2) is 5.81. The molecule has 1 atom stereocenters. The molecule has 0 aromatic heterocycles. The molecule has 8 heteroatoms. The molecule has 0 radical (unpaired) electrons. The molecule has 1 aromatic carbocycles. The molecule has 0 heterocycles. The molecular formula is C12H12F3NO4. The first-order chi connectivity index (χ1) is 9.22. The van der Waals surface area contributed by atoms with Gasteiger partial charge in [0, 0.05) is 6.54 Å². The van der Waals surface area contributed by atoms with E-state index in [4.69, 9.17) is 10.2 Å². The molecule has 2 N–H and O–H groups in total. The number of carbonyl (C=O) groups excluding carboxylic acids is 1. The number of amides is 1. The Labute approximate surface area is 112 Å². The number of hydrogen-bond donors (Lipinski definition) is 2. The second-order valence-electron chi connectivity index (χ2n) is 3.99. The first-order valence-electron chi connectivity index (χ1n) is 5.62. The third kappa shape index (κ3) is 2.68. The van der Waals surface area contributed by atoms with Gasteiger partial charge in [-0.05, 0) is 19.9 Å². The van der Waals surface area contributed by atoms with Gasteiger partial charge in [0.05, 0.1) is 5.56 Å². The smallest absolute Gasteiger partial charge is 0.326 e. The van der Waals surface area contributed by atoms with Crippen molar-refractivity contribution >= 4 is 11.9 Å². The fraction of sp³-hybridized carbons (Fsp3) is 0.333. The zero-order valence-corrected chi connectivity index (χ0v) is 10.7. The first kappa shape index (κ1) is 15.8. The van der Waals surface area contributed by atoms with Crippen molar-refractivity contribution in [3.63, 3.8) is 0 Å². The number of halogens is 3. The first-order valence-corrected chi connectivity index (χ1v) is 5.62. The van der Waals surface area contributed by atoms with Gasteiger partial charge in [0.2, 0.25) is 5.82 Å². The highest BCUT2D eigenvalue weighted by Crippen LogP contribution is 2.27. The Balaban J connectivity index is 3.30. The predicted molar refractivity (Wildman–Crippen MR) is 61.8 cm³/mol. The van der Waals surface area contributed by atoms with Crippen molar-refractivity contribution in [2.45, 2.75) is 19.9 Å². The van der Waals surface area contributed by atoms with Crippen molar-refractivity contribution in [1.29, 1.82) is 0 Å². The van der Waals surface area contributed by atoms with Crippen molar-refractivity contribution in [2.24, 2.45) is 0 Å². The molecule has 1 rings (SSSR count). The largest absolute Gasteiger partial charge is 0.503 e. The molecule has 0 aliphatic carbocycles. The van der Waals surface area contributed by atoms with Gasteiger partial charge in [0.25, 0.3) is 5.91 Å². The Bertz CT molecular complexity index is 562. The maximum atomic E-state index is 13.6. The second-order valence-corrected chi connectivity index (χ2v) is 3.99. The Morgan fingerprint density at radius 2 is 1.85 bits per heavy atom. The maximum absolute atomic E-state index is 13.6. The van der Waals surface area contributed by atoms with E-state index in [1.54, 1.807) is 0 Å². The maximum Gasteiger partial charge on any atom is 0.326 e. The lowest BCUT2D eigenvalue weighted by atomic mass is 10.1. The normalized spacial score (nSPS) is 12.1. The van der Waals surface area contributed by atoms with Gasteiger partial charge in [0.1, 0.15) is 6.04 Å². The third-order valence-electron chi connectivity index (χ3n) is 2.79. The van der Waals surface area contributed by atoms with E-state index in [0.717, 1.165) is 4.90 Å². The fourth-order valence-electron chi connectivity index (χ4n) is 1.63. The molecule has 0 spiro atoms. The van der Waals surface area contributed by atoms with E-state index in [9.17, 15) is 22.8 Å². The average Bonchev–Trinajstić information content (AvgIpc) is 2.40. The number of aliphatic carboxylic acids is 1. The Morgan fingerprint density at radius 3 is 2.30 bits per heavy atom. The molecule has 0 bridgehead atoms. The molecule has 110 valence electrons. The summed E-state index contributed by atoms with van der Waals surface area (Å²) < 4.78 is 39.6. The van der Waals surface area contributed by atoms with Gasteiger partial charge in [-0.3, -0.25) is 4.79 Å². The van der Waals surface area contributed by atoms with E-state index < -0.39 is 46.7 Å². The minimum absolute atomic E-state index is 0.0918. The van der Waals surface area contributed by atoms with Crippen LogP contribution in [0.1, 0.15) is 24.2 Å². The van der Waals surface area contributed by atoms with Crippen molar-refractivity contribution in [2.75, 3.05) is 6.54 Å². The molecule has 0 fully saturated rings. The van der Waals surface area contributed by atoms with Crippen LogP contribution in [0, 0.1) is 17.5 Å². The quantitative estimate of drug-likeness (QED) is 0.828. The summed E-state index contributed by atoms with van der Waals surface area (Å²) in [4.78, 5) is 23.6. The van der Waals surface area contributed by atoms with E-state index in [1.165, 1.54) is 13.8 Å². The Morgan fingerprint density at radius 1 is 1.30 bits per heavy atom. The summed E-state index contributed by atoms with van der Waals surface area (Å²) in [5, 5.41) is 17.9. The van der Waals surface area contributed by atoms with Crippen LogP contribution in [0.5, 0.6) is 5.75 Å². The van der Waals surface area contributed by atoms with Crippen molar-refractivity contribution < 1.29 is 33.0 Å². The standard InChI is InChI=1S/C12H12F3NO4/c1-3-16(5(2)12(19)20)11(18)6-4-7(13)9(15)10(17)8(6)14/h4-5,17H,3H2,1-2H3,(H,19,20). The number of hydrogen-bond acceptors (Lipinski definition) is 3. The van der Waals surface area contributed by atoms with Gasteiger partial charge in [-0.1, -0.05) is 0 Å². The minimum atomic E-state index is -1.81. The summed E-state index contributed by atoms with van der Waals surface area (Å²) in [6.45, 7) is 2.53. The van der Waals surface area contributed by atoms with Crippen LogP contribution in [0.25, 0.3) is 0 Å². The lowest BCUT2D eigenvalue weighted by Crippen LogP contribution is -2.43. The zero-order valence-electron chi connectivity index (χ0n) is 10.7. The van der Waals surface area contributed by atoms with Crippen LogP contribution in [0.15, 0.2) is 6.07 Å². The summed E-state index contributed by atoms with van der Waals surface area (Å²) in [7, 11) is 0. The molecule has 0 saturated heterocycles. The third-order valence-corrected chi connectivity index (χ3v) is 2.79. The van der Waals surface area contributed by atoms with Crippen LogP contribution < -0.4 is 0 Å². The molecule has 5 nitrogen and oxygen atoms in total. The van der Waals surface area contributed by atoms with Crippen LogP contribution in [0.2, 0.25) is 0 Å². The van der Waals surface area contributed by atoms with Gasteiger partial charge in [-0.15, -0.1) is 0 Å². The molecular weight excluding hydrogens is 279 g/mol. The number of carbonyl (C=O) groups is 2. The minimum Gasteiger partial charge on any atom is -0.503 e. The van der Waals surface area contributed by atoms with Gasteiger partial charge in [-0.2, -0.15) is 4.39 Å². The lowest BCUT2D eigenvalue weighted by molar-refractivity contribution is -0.141. The van der Waals surface area contributed by atoms with Crippen LogP contribution in [-0.2, 0) is 4.79 Å². The number of phenols is 1. The Kier molecular flexibility index (Phi) is 4.59. The van der Waals surface area contributed by atoms with Gasteiger partial charge in [0.15, 0.2) is 17.4 Å². The molecule has 1 aromatic rings. The molecule has 1 unspecified atom stereocenters. The monoisotopic (exact) mass is 291 g/mol. The number of carboxylic acid groups (broad SMARTS) is 1. The highest BCUT2D eigenvalue weighted by atomic mass is 19.2. The predicted octanol–water partition coefficient (Wildman–Crippen LogP) is 1.74. The van der Waals surface area contributed by atoms with E-state index >= 15 is 0 Å². The van der Waals surface area contributed by atoms with Gasteiger partial charge in [-0.25, -0.2) is 13.6 Å². The van der Waals surface area contributed by atoms with E-state index in [0.29, 0.717) is 0 Å². The summed E-state index contributed by atoms with van der Waals surface area (Å²) in [6.07, 6.45) is 0. The van der Waals surface area contributed by atoms with E-state index in [1.807, 2.05) is 0 Å². The lowest BCUT2D eigenvalue weighted by Gasteiger charge is -2.25. The van der Waals surface area contributed by atoms with Crippen LogP contribution >= 0.6 is 0 Å². The number of carboxylic acids is 1. The summed E-state index contributed by atoms with van der Waals surface area (Å²) >= 11 is 0. The fourth-order valence-corrected chi connectivity index (χ4v) is 1.63. The molecule has 0 aliphatic rings. The number of benzene rings is 1. The molecule has 1 amide bonds. The summed E-state index contributed by atoms with van der Waals surface area (Å²) in [5.41, 5.74) is -0.934. The van der Waals surface area contributed by atoms with Crippen molar-refractivity contribution in [3.8, 4) is 5.75 Å². The Hall–Kier alpha value is -2.25. The molecule has 0 saturated carbocycles. The average molecular weight is 291 g/mol. The number of likely N-dealkylation sites (N-methyl/N-ethyl adjacent to an activating group) is 1. The molecule has 0 aliphatic heterocycles. The number of nitrogens with zero attached hydrogens (tertiary/aromatic N) is 1.